The molecule has 2 saturated heterocycles. The summed E-state index contributed by atoms with van der Waals surface area (Å²) in [6.07, 6.45) is 2.09. The van der Waals surface area contributed by atoms with E-state index in [-0.39, 0.29) is 34.8 Å². The fraction of sp³-hybridized carbons (Fsp3) is 0.750. The molecule has 3 amide bonds. The first-order valence-electron chi connectivity index (χ1n) is 6.36. The monoisotopic (exact) mass is 270 g/mol. The summed E-state index contributed by atoms with van der Waals surface area (Å²) in [6.45, 7) is 2.54. The molecule has 5 nitrogen and oxygen atoms in total. The largest absolute Gasteiger partial charge is 0.356 e. The number of carbonyl (C=O) groups is 3. The minimum absolute atomic E-state index is 0.0593. The van der Waals surface area contributed by atoms with Gasteiger partial charge in [0.2, 0.25) is 17.7 Å². The molecule has 18 heavy (non-hydrogen) atoms. The van der Waals surface area contributed by atoms with Gasteiger partial charge in [-0.05, 0) is 19.8 Å². The Morgan fingerprint density at radius 3 is 2.94 bits per heavy atom. The fourth-order valence-corrected chi connectivity index (χ4v) is 4.26. The van der Waals surface area contributed by atoms with Crippen LogP contribution in [0.2, 0.25) is 0 Å². The highest BCUT2D eigenvalue weighted by molar-refractivity contribution is 8.00. The number of amides is 3. The minimum atomic E-state index is -0.170. The lowest BCUT2D eigenvalue weighted by atomic mass is 9.91. The van der Waals surface area contributed by atoms with Crippen LogP contribution in [-0.2, 0) is 14.4 Å². The van der Waals surface area contributed by atoms with Gasteiger partial charge in [0, 0.05) is 24.0 Å². The Morgan fingerprint density at radius 2 is 2.22 bits per heavy atom. The van der Waals surface area contributed by atoms with Crippen LogP contribution in [0.4, 0.5) is 0 Å². The van der Waals surface area contributed by atoms with Crippen molar-refractivity contribution in [3.63, 3.8) is 0 Å². The van der Waals surface area contributed by atoms with Crippen LogP contribution in [0.15, 0.2) is 0 Å². The maximum absolute atomic E-state index is 11.7. The molecule has 0 unspecified atom stereocenters. The summed E-state index contributed by atoms with van der Waals surface area (Å²) < 4.78 is 0. The zero-order chi connectivity index (χ0) is 13.1. The Balaban J connectivity index is 1.79. The lowest BCUT2D eigenvalue weighted by molar-refractivity contribution is -0.126. The fourth-order valence-electron chi connectivity index (χ4n) is 2.59. The molecule has 2 fully saturated rings. The van der Waals surface area contributed by atoms with Gasteiger partial charge in [0.1, 0.15) is 0 Å². The van der Waals surface area contributed by atoms with Gasteiger partial charge in [0.25, 0.3) is 0 Å². The van der Waals surface area contributed by atoms with Crippen LogP contribution in [0.5, 0.6) is 0 Å². The van der Waals surface area contributed by atoms with E-state index in [1.807, 2.05) is 6.92 Å². The van der Waals surface area contributed by atoms with Crippen molar-refractivity contribution in [2.75, 3.05) is 12.3 Å². The molecule has 0 aliphatic carbocycles. The van der Waals surface area contributed by atoms with Crippen molar-refractivity contribution in [3.8, 4) is 0 Å². The van der Waals surface area contributed by atoms with Crippen molar-refractivity contribution in [2.24, 2.45) is 11.8 Å². The first-order valence-corrected chi connectivity index (χ1v) is 7.41. The number of thioether (sulfide) groups is 1. The second-order valence-electron chi connectivity index (χ2n) is 4.70. The highest BCUT2D eigenvalue weighted by Crippen LogP contribution is 2.42. The molecule has 0 aromatic rings. The third-order valence-electron chi connectivity index (χ3n) is 3.48. The highest BCUT2D eigenvalue weighted by Gasteiger charge is 2.50. The van der Waals surface area contributed by atoms with E-state index in [0.717, 1.165) is 18.6 Å². The summed E-state index contributed by atoms with van der Waals surface area (Å²) in [6, 6.07) is 0. The zero-order valence-corrected chi connectivity index (χ0v) is 11.2. The predicted molar refractivity (Wildman–Crippen MR) is 68.9 cm³/mol. The van der Waals surface area contributed by atoms with Crippen molar-refractivity contribution >= 4 is 29.5 Å². The van der Waals surface area contributed by atoms with Crippen molar-refractivity contribution < 1.29 is 14.4 Å². The van der Waals surface area contributed by atoms with Crippen LogP contribution in [0.25, 0.3) is 0 Å². The Kier molecular flexibility index (Phi) is 4.27. The van der Waals surface area contributed by atoms with Crippen LogP contribution in [0.1, 0.15) is 26.2 Å². The van der Waals surface area contributed by atoms with Gasteiger partial charge in [-0.15, -0.1) is 0 Å². The van der Waals surface area contributed by atoms with E-state index in [4.69, 9.17) is 0 Å². The molecule has 2 heterocycles. The molecule has 2 N–H and O–H groups in total. The van der Waals surface area contributed by atoms with Gasteiger partial charge in [-0.2, -0.15) is 11.8 Å². The molecular weight excluding hydrogens is 252 g/mol. The molecule has 0 bridgehead atoms. The van der Waals surface area contributed by atoms with Gasteiger partial charge in [0.15, 0.2) is 0 Å². The third-order valence-corrected chi connectivity index (χ3v) is 4.98. The number of hydrogen-bond acceptors (Lipinski definition) is 4. The van der Waals surface area contributed by atoms with E-state index in [2.05, 4.69) is 10.6 Å². The van der Waals surface area contributed by atoms with E-state index < -0.39 is 0 Å². The van der Waals surface area contributed by atoms with Crippen LogP contribution in [0.3, 0.4) is 0 Å². The smallest absolute Gasteiger partial charge is 0.231 e. The van der Waals surface area contributed by atoms with Crippen LogP contribution in [0, 0.1) is 11.8 Å². The average molecular weight is 270 g/mol. The Hall–Kier alpha value is -1.04. The van der Waals surface area contributed by atoms with Crippen LogP contribution in [-0.4, -0.2) is 35.3 Å². The number of fused-ring (bicyclic) bond motifs is 1. The van der Waals surface area contributed by atoms with E-state index >= 15 is 0 Å². The summed E-state index contributed by atoms with van der Waals surface area (Å²) in [4.78, 5) is 34.4. The normalized spacial score (nSPS) is 30.2. The summed E-state index contributed by atoms with van der Waals surface area (Å²) in [5.74, 6) is 0.230. The number of nitrogens with one attached hydrogen (secondary N) is 2. The van der Waals surface area contributed by atoms with E-state index in [1.165, 1.54) is 0 Å². The molecule has 0 aromatic heterocycles. The summed E-state index contributed by atoms with van der Waals surface area (Å²) in [7, 11) is 0. The second-order valence-corrected chi connectivity index (χ2v) is 5.98. The maximum Gasteiger partial charge on any atom is 0.231 e. The van der Waals surface area contributed by atoms with Crippen LogP contribution < -0.4 is 10.6 Å². The van der Waals surface area contributed by atoms with Crippen molar-refractivity contribution in [1.82, 2.24) is 10.6 Å². The first-order chi connectivity index (χ1) is 8.63. The molecule has 100 valence electrons. The minimum Gasteiger partial charge on any atom is -0.356 e. The summed E-state index contributed by atoms with van der Waals surface area (Å²) >= 11 is 1.69. The quantitative estimate of drug-likeness (QED) is 0.704. The molecule has 2 rings (SSSR count). The van der Waals surface area contributed by atoms with Gasteiger partial charge in [-0.3, -0.25) is 19.7 Å². The van der Waals surface area contributed by atoms with E-state index in [1.54, 1.807) is 11.8 Å². The molecule has 0 aromatic carbocycles. The van der Waals surface area contributed by atoms with Gasteiger partial charge in [-0.1, -0.05) is 0 Å². The standard InChI is InChI=1S/C12H18N2O3S/c1-2-13-9(15)5-3-4-8-10-7(6-18-8)11(16)14-12(10)17/h7-8,10H,2-6H2,1H3,(H,13,15)(H,14,16,17)/t7-,8-,10-/m0/s1. The molecule has 3 atom stereocenters. The molecule has 0 saturated carbocycles. The topological polar surface area (TPSA) is 75.3 Å². The number of imide groups is 1. The number of hydrogen-bond donors (Lipinski definition) is 2. The van der Waals surface area contributed by atoms with Crippen molar-refractivity contribution in [1.29, 1.82) is 0 Å². The Labute approximate surface area is 110 Å². The lowest BCUT2D eigenvalue weighted by Gasteiger charge is -2.14. The zero-order valence-electron chi connectivity index (χ0n) is 10.4. The Morgan fingerprint density at radius 1 is 1.44 bits per heavy atom. The molecule has 0 spiro atoms. The molecule has 0 radical (unpaired) electrons. The molecule has 2 aliphatic heterocycles. The van der Waals surface area contributed by atoms with Crippen molar-refractivity contribution in [3.05, 3.63) is 0 Å². The summed E-state index contributed by atoms with van der Waals surface area (Å²) in [5, 5.41) is 5.34. The van der Waals surface area contributed by atoms with E-state index in [0.29, 0.717) is 13.0 Å². The van der Waals surface area contributed by atoms with Gasteiger partial charge in [-0.25, -0.2) is 0 Å². The van der Waals surface area contributed by atoms with Gasteiger partial charge in [0.05, 0.1) is 11.8 Å². The molecular formula is C12H18N2O3S. The summed E-state index contributed by atoms with van der Waals surface area (Å²) in [5.41, 5.74) is 0. The first kappa shape index (κ1) is 13.4. The second kappa shape index (κ2) is 5.73. The Bertz CT molecular complexity index is 372. The van der Waals surface area contributed by atoms with Crippen molar-refractivity contribution in [2.45, 2.75) is 31.4 Å². The average Bonchev–Trinajstić information content (AvgIpc) is 2.84. The van der Waals surface area contributed by atoms with Crippen LogP contribution >= 0.6 is 11.8 Å². The van der Waals surface area contributed by atoms with Gasteiger partial charge < -0.3 is 5.32 Å². The lowest BCUT2D eigenvalue weighted by Crippen LogP contribution is -2.27. The predicted octanol–water partition coefficient (Wildman–Crippen LogP) is 0.297. The van der Waals surface area contributed by atoms with E-state index in [9.17, 15) is 14.4 Å². The maximum atomic E-state index is 11.7. The molecule has 2 aliphatic rings. The molecule has 6 heteroatoms. The SMILES string of the molecule is CCNC(=O)CCC[C@@H]1SC[C@@H]2C(=O)NC(=O)[C@H]12. The number of rotatable bonds is 5. The number of carbonyl (C=O) groups excluding carboxylic acids is 3. The van der Waals surface area contributed by atoms with Gasteiger partial charge >= 0.3 is 0 Å². The third kappa shape index (κ3) is 2.68. The highest BCUT2D eigenvalue weighted by atomic mass is 32.2.